The summed E-state index contributed by atoms with van der Waals surface area (Å²) >= 11 is 6.00. The zero-order chi connectivity index (χ0) is 16.1. The highest BCUT2D eigenvalue weighted by Gasteiger charge is 2.14. The van der Waals surface area contributed by atoms with E-state index in [1.165, 1.54) is 32.4 Å². The quantitative estimate of drug-likeness (QED) is 0.877. The highest BCUT2D eigenvalue weighted by molar-refractivity contribution is 6.32. The second-order valence-corrected chi connectivity index (χ2v) is 4.49. The van der Waals surface area contributed by atoms with E-state index in [4.69, 9.17) is 21.1 Å². The summed E-state index contributed by atoms with van der Waals surface area (Å²) < 4.78 is 27.2. The first-order valence-electron chi connectivity index (χ1n) is 6.08. The van der Waals surface area contributed by atoms with Crippen LogP contribution in [0.2, 0.25) is 5.02 Å². The maximum absolute atomic E-state index is 12.3. The van der Waals surface area contributed by atoms with Gasteiger partial charge in [-0.25, -0.2) is 9.18 Å². The number of carbonyl (C=O) groups is 1. The van der Waals surface area contributed by atoms with Crippen molar-refractivity contribution in [3.8, 4) is 11.5 Å². The Balaban J connectivity index is 2.12. The number of amides is 2. The number of hydrogen-bond acceptors (Lipinski definition) is 5. The van der Waals surface area contributed by atoms with Crippen LogP contribution in [-0.2, 0) is 6.67 Å². The fourth-order valence-corrected chi connectivity index (χ4v) is 1.90. The van der Waals surface area contributed by atoms with Gasteiger partial charge in [0.25, 0.3) is 0 Å². The fourth-order valence-electron chi connectivity index (χ4n) is 1.66. The summed E-state index contributed by atoms with van der Waals surface area (Å²) in [4.78, 5) is 11.9. The van der Waals surface area contributed by atoms with E-state index in [1.807, 2.05) is 0 Å². The summed E-state index contributed by atoms with van der Waals surface area (Å²) in [5.41, 5.74) is 0.333. The van der Waals surface area contributed by atoms with Gasteiger partial charge in [0, 0.05) is 12.1 Å². The van der Waals surface area contributed by atoms with E-state index < -0.39 is 12.7 Å². The van der Waals surface area contributed by atoms with E-state index in [9.17, 15) is 9.18 Å². The van der Waals surface area contributed by atoms with Crippen molar-refractivity contribution in [3.63, 3.8) is 0 Å². The smallest absolute Gasteiger partial charge is 0.325 e. The van der Waals surface area contributed by atoms with Gasteiger partial charge in [0.15, 0.2) is 18.3 Å². The number of nitrogens with one attached hydrogen (secondary N) is 2. The average molecular weight is 330 g/mol. The minimum absolute atomic E-state index is 0.0142. The molecule has 22 heavy (non-hydrogen) atoms. The minimum atomic E-state index is -0.807. The molecule has 0 aliphatic carbocycles. The van der Waals surface area contributed by atoms with Gasteiger partial charge in [0.2, 0.25) is 0 Å². The molecule has 2 amide bonds. The predicted octanol–water partition coefficient (Wildman–Crippen LogP) is 3.46. The Hall–Kier alpha value is -2.48. The molecule has 2 aromatic rings. The van der Waals surface area contributed by atoms with Gasteiger partial charge in [-0.1, -0.05) is 16.8 Å². The number of anilines is 2. The summed E-state index contributed by atoms with van der Waals surface area (Å²) in [6, 6.07) is 3.68. The fraction of sp³-hybridized carbons (Fsp3) is 0.231. The molecule has 0 bridgehead atoms. The van der Waals surface area contributed by atoms with E-state index in [2.05, 4.69) is 20.3 Å². The summed E-state index contributed by atoms with van der Waals surface area (Å²) in [6.07, 6.45) is 0. The van der Waals surface area contributed by atoms with Crippen LogP contribution in [0.1, 0.15) is 5.76 Å². The third-order valence-electron chi connectivity index (χ3n) is 2.65. The lowest BCUT2D eigenvalue weighted by Crippen LogP contribution is -2.20. The number of benzene rings is 1. The molecule has 7 nitrogen and oxygen atoms in total. The van der Waals surface area contributed by atoms with Crippen molar-refractivity contribution in [1.82, 2.24) is 5.16 Å². The molecular formula is C13H13ClFN3O4. The molecule has 1 heterocycles. The number of aromatic nitrogens is 1. The minimum Gasteiger partial charge on any atom is -0.495 e. The van der Waals surface area contributed by atoms with Crippen molar-refractivity contribution < 1.29 is 23.2 Å². The molecule has 0 aliphatic rings. The number of ether oxygens (including phenoxy) is 2. The molecule has 0 radical (unpaired) electrons. The second kappa shape index (κ2) is 6.99. The Morgan fingerprint density at radius 3 is 2.59 bits per heavy atom. The molecule has 2 N–H and O–H groups in total. The molecule has 0 saturated carbocycles. The Kier molecular flexibility index (Phi) is 5.05. The SMILES string of the molecule is COc1cc(OC)c(NC(=O)Nc2cc(CF)on2)cc1Cl. The van der Waals surface area contributed by atoms with Crippen molar-refractivity contribution in [2.24, 2.45) is 0 Å². The maximum Gasteiger partial charge on any atom is 0.325 e. The van der Waals surface area contributed by atoms with Gasteiger partial charge >= 0.3 is 6.03 Å². The number of alkyl halides is 1. The standard InChI is InChI=1S/C13H13ClFN3O4/c1-20-10-5-11(21-2)9(4-8(10)14)16-13(19)17-12-3-7(6-15)22-18-12/h3-5H,6H2,1-2H3,(H2,16,17,18,19). The third-order valence-corrected chi connectivity index (χ3v) is 2.95. The summed E-state index contributed by atoms with van der Waals surface area (Å²) in [5.74, 6) is 0.874. The maximum atomic E-state index is 12.3. The first-order chi connectivity index (χ1) is 10.6. The highest BCUT2D eigenvalue weighted by atomic mass is 35.5. The van der Waals surface area contributed by atoms with Crippen molar-refractivity contribution >= 4 is 29.1 Å². The molecule has 0 atom stereocenters. The number of carbonyl (C=O) groups excluding carboxylic acids is 1. The number of halogens is 2. The van der Waals surface area contributed by atoms with E-state index in [-0.39, 0.29) is 11.6 Å². The summed E-state index contributed by atoms with van der Waals surface area (Å²) in [5, 5.41) is 8.73. The molecule has 0 saturated heterocycles. The van der Waals surface area contributed by atoms with Gasteiger partial charge in [-0.05, 0) is 6.07 Å². The van der Waals surface area contributed by atoms with Crippen molar-refractivity contribution in [1.29, 1.82) is 0 Å². The Morgan fingerprint density at radius 1 is 1.27 bits per heavy atom. The lowest BCUT2D eigenvalue weighted by Gasteiger charge is -2.13. The molecular weight excluding hydrogens is 317 g/mol. The van der Waals surface area contributed by atoms with Gasteiger partial charge in [0.1, 0.15) is 11.5 Å². The molecule has 0 unspecified atom stereocenters. The first-order valence-corrected chi connectivity index (χ1v) is 6.46. The zero-order valence-electron chi connectivity index (χ0n) is 11.8. The van der Waals surface area contributed by atoms with Gasteiger partial charge in [0.05, 0.1) is 24.9 Å². The summed E-state index contributed by atoms with van der Waals surface area (Å²) in [6.45, 7) is -0.807. The first kappa shape index (κ1) is 15.9. The zero-order valence-corrected chi connectivity index (χ0v) is 12.5. The van der Waals surface area contributed by atoms with Crippen LogP contribution in [0, 0.1) is 0 Å². The molecule has 118 valence electrons. The van der Waals surface area contributed by atoms with Crippen LogP contribution in [0.4, 0.5) is 20.7 Å². The summed E-state index contributed by atoms with van der Waals surface area (Å²) in [7, 11) is 2.91. The number of rotatable bonds is 5. The van der Waals surface area contributed by atoms with Crippen molar-refractivity contribution in [2.45, 2.75) is 6.67 Å². The number of nitrogens with zero attached hydrogens (tertiary/aromatic N) is 1. The predicted molar refractivity (Wildman–Crippen MR) is 78.5 cm³/mol. The number of methoxy groups -OCH3 is 2. The van der Waals surface area contributed by atoms with Crippen LogP contribution < -0.4 is 20.1 Å². The average Bonchev–Trinajstić information content (AvgIpc) is 2.95. The largest absolute Gasteiger partial charge is 0.495 e. The molecule has 0 aliphatic heterocycles. The van der Waals surface area contributed by atoms with Crippen LogP contribution in [0.5, 0.6) is 11.5 Å². The van der Waals surface area contributed by atoms with E-state index >= 15 is 0 Å². The van der Waals surface area contributed by atoms with E-state index in [0.717, 1.165) is 0 Å². The number of hydrogen-bond donors (Lipinski definition) is 2. The lowest BCUT2D eigenvalue weighted by molar-refractivity contribution is 0.261. The number of urea groups is 1. The van der Waals surface area contributed by atoms with Crippen LogP contribution in [0.3, 0.4) is 0 Å². The van der Waals surface area contributed by atoms with E-state index in [0.29, 0.717) is 22.2 Å². The molecule has 2 rings (SSSR count). The Morgan fingerprint density at radius 2 is 2.00 bits per heavy atom. The molecule has 0 spiro atoms. The van der Waals surface area contributed by atoms with Crippen molar-refractivity contribution in [2.75, 3.05) is 24.9 Å². The topological polar surface area (TPSA) is 85.6 Å². The van der Waals surface area contributed by atoms with Gasteiger partial charge in [-0.2, -0.15) is 0 Å². The van der Waals surface area contributed by atoms with Crippen LogP contribution >= 0.6 is 11.6 Å². The van der Waals surface area contributed by atoms with Gasteiger partial charge < -0.3 is 19.3 Å². The van der Waals surface area contributed by atoms with Gasteiger partial charge in [-0.15, -0.1) is 0 Å². The molecule has 9 heteroatoms. The monoisotopic (exact) mass is 329 g/mol. The molecule has 1 aromatic heterocycles. The molecule has 0 fully saturated rings. The van der Waals surface area contributed by atoms with Crippen molar-refractivity contribution in [3.05, 3.63) is 29.0 Å². The Bertz CT molecular complexity index is 677. The van der Waals surface area contributed by atoms with E-state index in [1.54, 1.807) is 0 Å². The van der Waals surface area contributed by atoms with Crippen LogP contribution in [0.25, 0.3) is 0 Å². The molecule has 1 aromatic carbocycles. The normalized spacial score (nSPS) is 10.2. The lowest BCUT2D eigenvalue weighted by atomic mass is 10.2. The second-order valence-electron chi connectivity index (χ2n) is 4.08. The van der Waals surface area contributed by atoms with Crippen LogP contribution in [0.15, 0.2) is 22.7 Å². The Labute approximate surface area is 130 Å². The highest BCUT2D eigenvalue weighted by Crippen LogP contribution is 2.35. The third kappa shape index (κ3) is 3.59. The van der Waals surface area contributed by atoms with Gasteiger partial charge in [-0.3, -0.25) is 5.32 Å². The van der Waals surface area contributed by atoms with Crippen LogP contribution in [-0.4, -0.2) is 25.4 Å².